The Morgan fingerprint density at radius 3 is 2.73 bits per heavy atom. The fourth-order valence-corrected chi connectivity index (χ4v) is 1.91. The molecule has 0 aliphatic heterocycles. The molecule has 78 valence electrons. The van der Waals surface area contributed by atoms with Crippen LogP contribution in [0.2, 0.25) is 0 Å². The van der Waals surface area contributed by atoms with Gasteiger partial charge in [-0.25, -0.2) is 0 Å². The molecular formula is C11H12BrN3. The smallest absolute Gasteiger partial charge is 0.148 e. The Bertz CT molecular complexity index is 476. The van der Waals surface area contributed by atoms with Crippen LogP contribution in [0, 0.1) is 0 Å². The van der Waals surface area contributed by atoms with Gasteiger partial charge in [-0.05, 0) is 12.1 Å². The maximum Gasteiger partial charge on any atom is 0.148 e. The highest BCUT2D eigenvalue weighted by molar-refractivity contribution is 9.10. The zero-order chi connectivity index (χ0) is 10.8. The van der Waals surface area contributed by atoms with E-state index in [0.29, 0.717) is 0 Å². The van der Waals surface area contributed by atoms with Gasteiger partial charge in [-0.3, -0.25) is 4.68 Å². The molecule has 1 aromatic heterocycles. The quantitative estimate of drug-likeness (QED) is 0.905. The van der Waals surface area contributed by atoms with E-state index in [2.05, 4.69) is 38.5 Å². The molecule has 1 heterocycles. The highest BCUT2D eigenvalue weighted by Crippen LogP contribution is 2.24. The molecule has 0 aliphatic carbocycles. The standard InChI is InChI=1S/C11H12BrN3/c1-13-11-7-10(15(2)14-11)8-4-3-5-9(12)6-8/h3-7H,1-2H3,(H,13,14). The van der Waals surface area contributed by atoms with Crippen LogP contribution in [0.25, 0.3) is 11.3 Å². The molecule has 1 N–H and O–H groups in total. The van der Waals surface area contributed by atoms with Gasteiger partial charge < -0.3 is 5.32 Å². The summed E-state index contributed by atoms with van der Waals surface area (Å²) in [6, 6.07) is 10.2. The molecule has 0 aliphatic rings. The predicted molar refractivity (Wildman–Crippen MR) is 65.9 cm³/mol. The van der Waals surface area contributed by atoms with Gasteiger partial charge in [-0.15, -0.1) is 0 Å². The second kappa shape index (κ2) is 4.06. The van der Waals surface area contributed by atoms with E-state index in [1.165, 1.54) is 0 Å². The van der Waals surface area contributed by atoms with Crippen molar-refractivity contribution < 1.29 is 0 Å². The Kier molecular flexibility index (Phi) is 2.77. The van der Waals surface area contributed by atoms with E-state index in [1.807, 2.05) is 37.0 Å². The van der Waals surface area contributed by atoms with Gasteiger partial charge >= 0.3 is 0 Å². The van der Waals surface area contributed by atoms with Crippen LogP contribution in [0.5, 0.6) is 0 Å². The van der Waals surface area contributed by atoms with Crippen LogP contribution < -0.4 is 5.32 Å². The molecule has 0 bridgehead atoms. The van der Waals surface area contributed by atoms with Gasteiger partial charge in [0.1, 0.15) is 5.82 Å². The van der Waals surface area contributed by atoms with E-state index in [0.717, 1.165) is 21.5 Å². The van der Waals surface area contributed by atoms with E-state index in [1.54, 1.807) is 0 Å². The maximum atomic E-state index is 4.33. The topological polar surface area (TPSA) is 29.9 Å². The molecule has 0 amide bonds. The van der Waals surface area contributed by atoms with E-state index in [-0.39, 0.29) is 0 Å². The van der Waals surface area contributed by atoms with Crippen LogP contribution in [0.4, 0.5) is 5.82 Å². The number of benzene rings is 1. The third-order valence-corrected chi connectivity index (χ3v) is 2.75. The molecule has 2 rings (SSSR count). The first-order chi connectivity index (χ1) is 7.20. The van der Waals surface area contributed by atoms with Crippen LogP contribution in [-0.2, 0) is 7.05 Å². The molecule has 2 aromatic rings. The monoisotopic (exact) mass is 265 g/mol. The number of rotatable bonds is 2. The Morgan fingerprint density at radius 2 is 2.13 bits per heavy atom. The number of hydrogen-bond donors (Lipinski definition) is 1. The van der Waals surface area contributed by atoms with Crippen LogP contribution in [0.15, 0.2) is 34.8 Å². The lowest BCUT2D eigenvalue weighted by atomic mass is 10.1. The lowest BCUT2D eigenvalue weighted by Gasteiger charge is -2.01. The summed E-state index contributed by atoms with van der Waals surface area (Å²) in [6.45, 7) is 0. The summed E-state index contributed by atoms with van der Waals surface area (Å²) >= 11 is 3.46. The zero-order valence-corrected chi connectivity index (χ0v) is 10.2. The van der Waals surface area contributed by atoms with Crippen molar-refractivity contribution in [3.8, 4) is 11.3 Å². The molecule has 0 fully saturated rings. The third-order valence-electron chi connectivity index (χ3n) is 2.26. The normalized spacial score (nSPS) is 10.3. The van der Waals surface area contributed by atoms with Crippen LogP contribution in [-0.4, -0.2) is 16.8 Å². The van der Waals surface area contributed by atoms with Crippen molar-refractivity contribution in [2.75, 3.05) is 12.4 Å². The Hall–Kier alpha value is -1.29. The number of halogens is 1. The molecule has 1 aromatic carbocycles. The first-order valence-electron chi connectivity index (χ1n) is 4.68. The Morgan fingerprint density at radius 1 is 1.33 bits per heavy atom. The fraction of sp³-hybridized carbons (Fsp3) is 0.182. The van der Waals surface area contributed by atoms with Crippen molar-refractivity contribution in [3.05, 3.63) is 34.8 Å². The number of aromatic nitrogens is 2. The molecule has 3 nitrogen and oxygen atoms in total. The number of hydrogen-bond acceptors (Lipinski definition) is 2. The predicted octanol–water partition coefficient (Wildman–Crippen LogP) is 2.89. The highest BCUT2D eigenvalue weighted by atomic mass is 79.9. The van der Waals surface area contributed by atoms with E-state index in [9.17, 15) is 0 Å². The lowest BCUT2D eigenvalue weighted by Crippen LogP contribution is -1.94. The number of nitrogens with one attached hydrogen (secondary N) is 1. The summed E-state index contributed by atoms with van der Waals surface area (Å²) in [7, 11) is 3.81. The van der Waals surface area contributed by atoms with Crippen molar-refractivity contribution in [1.82, 2.24) is 9.78 Å². The summed E-state index contributed by atoms with van der Waals surface area (Å²) in [5.74, 6) is 0.882. The summed E-state index contributed by atoms with van der Waals surface area (Å²) in [5, 5.41) is 7.35. The second-order valence-electron chi connectivity index (χ2n) is 3.30. The van der Waals surface area contributed by atoms with Crippen molar-refractivity contribution in [2.45, 2.75) is 0 Å². The first kappa shape index (κ1) is 10.2. The summed E-state index contributed by atoms with van der Waals surface area (Å²) < 4.78 is 2.94. The van der Waals surface area contributed by atoms with Crippen molar-refractivity contribution in [1.29, 1.82) is 0 Å². The summed E-state index contributed by atoms with van der Waals surface area (Å²) in [4.78, 5) is 0. The molecule has 0 radical (unpaired) electrons. The Labute approximate surface area is 97.2 Å². The average molecular weight is 266 g/mol. The van der Waals surface area contributed by atoms with Crippen molar-refractivity contribution in [2.24, 2.45) is 7.05 Å². The van der Waals surface area contributed by atoms with E-state index < -0.39 is 0 Å². The first-order valence-corrected chi connectivity index (χ1v) is 5.48. The van der Waals surface area contributed by atoms with Gasteiger partial charge in [0.2, 0.25) is 0 Å². The van der Waals surface area contributed by atoms with Crippen molar-refractivity contribution >= 4 is 21.7 Å². The number of anilines is 1. The fourth-order valence-electron chi connectivity index (χ4n) is 1.51. The van der Waals surface area contributed by atoms with Crippen LogP contribution in [0.3, 0.4) is 0 Å². The Balaban J connectivity index is 2.48. The largest absolute Gasteiger partial charge is 0.372 e. The lowest BCUT2D eigenvalue weighted by molar-refractivity contribution is 0.778. The third kappa shape index (κ3) is 2.04. The van der Waals surface area contributed by atoms with E-state index in [4.69, 9.17) is 0 Å². The molecule has 0 spiro atoms. The molecule has 15 heavy (non-hydrogen) atoms. The molecule has 4 heteroatoms. The number of aryl methyl sites for hydroxylation is 1. The van der Waals surface area contributed by atoms with Gasteiger partial charge in [0.25, 0.3) is 0 Å². The zero-order valence-electron chi connectivity index (χ0n) is 8.66. The number of nitrogens with zero attached hydrogens (tertiary/aromatic N) is 2. The minimum atomic E-state index is 0.882. The van der Waals surface area contributed by atoms with Crippen LogP contribution >= 0.6 is 15.9 Å². The minimum Gasteiger partial charge on any atom is -0.372 e. The van der Waals surface area contributed by atoms with Gasteiger partial charge in [0, 0.05) is 30.2 Å². The molecule has 0 atom stereocenters. The van der Waals surface area contributed by atoms with Crippen LogP contribution in [0.1, 0.15) is 0 Å². The minimum absolute atomic E-state index is 0.882. The highest BCUT2D eigenvalue weighted by Gasteiger charge is 2.06. The van der Waals surface area contributed by atoms with Crippen molar-refractivity contribution in [3.63, 3.8) is 0 Å². The van der Waals surface area contributed by atoms with Gasteiger partial charge in [-0.1, -0.05) is 28.1 Å². The molecule has 0 saturated heterocycles. The maximum absolute atomic E-state index is 4.33. The second-order valence-corrected chi connectivity index (χ2v) is 4.21. The SMILES string of the molecule is CNc1cc(-c2cccc(Br)c2)n(C)n1. The summed E-state index contributed by atoms with van der Waals surface area (Å²) in [6.07, 6.45) is 0. The molecule has 0 saturated carbocycles. The van der Waals surface area contributed by atoms with Gasteiger partial charge in [0.15, 0.2) is 0 Å². The molecular weight excluding hydrogens is 254 g/mol. The summed E-state index contributed by atoms with van der Waals surface area (Å²) in [5.41, 5.74) is 2.25. The molecule has 0 unspecified atom stereocenters. The van der Waals surface area contributed by atoms with Gasteiger partial charge in [0.05, 0.1) is 5.69 Å². The average Bonchev–Trinajstić information content (AvgIpc) is 2.60. The van der Waals surface area contributed by atoms with Gasteiger partial charge in [-0.2, -0.15) is 5.10 Å². The van der Waals surface area contributed by atoms with E-state index >= 15 is 0 Å².